The first-order valence-corrected chi connectivity index (χ1v) is 6.93. The summed E-state index contributed by atoms with van der Waals surface area (Å²) in [6.07, 6.45) is 0.865. The predicted molar refractivity (Wildman–Crippen MR) is 80.7 cm³/mol. The van der Waals surface area contributed by atoms with Crippen LogP contribution in [0.4, 0.5) is 0 Å². The maximum absolute atomic E-state index is 6.32. The van der Waals surface area contributed by atoms with E-state index in [1.54, 1.807) is 0 Å². The van der Waals surface area contributed by atoms with E-state index in [0.717, 1.165) is 10.9 Å². The summed E-state index contributed by atoms with van der Waals surface area (Å²) in [5.74, 6) is 0. The van der Waals surface area contributed by atoms with Crippen molar-refractivity contribution in [2.75, 3.05) is 0 Å². The van der Waals surface area contributed by atoms with E-state index < -0.39 is 0 Å². The molecule has 2 rings (SSSR count). The molecule has 2 aromatic carbocycles. The van der Waals surface area contributed by atoms with Crippen molar-refractivity contribution in [3.8, 4) is 0 Å². The molecule has 0 spiro atoms. The van der Waals surface area contributed by atoms with E-state index in [4.69, 9.17) is 5.73 Å². The molecular weight excluding hydrogens is 286 g/mol. The van der Waals surface area contributed by atoms with Gasteiger partial charge in [0, 0.05) is 10.5 Å². The van der Waals surface area contributed by atoms with Gasteiger partial charge in [-0.05, 0) is 37.5 Å². The molecule has 1 unspecified atom stereocenters. The molecule has 1 atom stereocenters. The van der Waals surface area contributed by atoms with Crippen LogP contribution in [0.15, 0.2) is 46.9 Å². The van der Waals surface area contributed by atoms with Crippen LogP contribution in [0.25, 0.3) is 0 Å². The number of nitrogens with two attached hydrogens (primary N) is 1. The molecule has 0 fully saturated rings. The third-order valence-electron chi connectivity index (χ3n) is 3.09. The second-order valence-electron chi connectivity index (χ2n) is 4.82. The quantitative estimate of drug-likeness (QED) is 0.898. The highest BCUT2D eigenvalue weighted by molar-refractivity contribution is 9.10. The van der Waals surface area contributed by atoms with Crippen molar-refractivity contribution in [2.24, 2.45) is 5.73 Å². The molecule has 0 heterocycles. The fraction of sp³-hybridized carbons (Fsp3) is 0.250. The lowest BCUT2D eigenvalue weighted by Crippen LogP contribution is -2.14. The maximum atomic E-state index is 6.32. The average molecular weight is 304 g/mol. The normalized spacial score (nSPS) is 12.4. The Morgan fingerprint density at radius 3 is 2.50 bits per heavy atom. The summed E-state index contributed by atoms with van der Waals surface area (Å²) in [4.78, 5) is 0. The van der Waals surface area contributed by atoms with Crippen LogP contribution in [0, 0.1) is 13.8 Å². The third-order valence-corrected chi connectivity index (χ3v) is 3.81. The molecule has 0 bridgehead atoms. The van der Waals surface area contributed by atoms with Gasteiger partial charge in [0.1, 0.15) is 0 Å². The van der Waals surface area contributed by atoms with E-state index in [-0.39, 0.29) is 6.04 Å². The van der Waals surface area contributed by atoms with E-state index in [2.05, 4.69) is 72.2 Å². The molecule has 2 aromatic rings. The Kier molecular flexibility index (Phi) is 4.20. The lowest BCUT2D eigenvalue weighted by atomic mass is 9.97. The second-order valence-corrected chi connectivity index (χ2v) is 5.68. The Balaban J connectivity index is 2.21. The minimum absolute atomic E-state index is 0.0288. The standard InChI is InChI=1S/C16H18BrN/c1-11-4-3-5-13(8-11)10-16(18)14-9-12(2)6-7-15(14)17/h3-9,16H,10,18H2,1-2H3. The fourth-order valence-corrected chi connectivity index (χ4v) is 2.69. The first-order chi connectivity index (χ1) is 8.56. The molecule has 0 saturated heterocycles. The fourth-order valence-electron chi connectivity index (χ4n) is 2.15. The summed E-state index contributed by atoms with van der Waals surface area (Å²) in [6, 6.07) is 14.9. The lowest BCUT2D eigenvalue weighted by molar-refractivity contribution is 0.717. The van der Waals surface area contributed by atoms with Gasteiger partial charge in [-0.15, -0.1) is 0 Å². The van der Waals surface area contributed by atoms with Crippen molar-refractivity contribution >= 4 is 15.9 Å². The van der Waals surface area contributed by atoms with Crippen molar-refractivity contribution in [1.29, 1.82) is 0 Å². The van der Waals surface area contributed by atoms with Crippen LogP contribution in [0.2, 0.25) is 0 Å². The zero-order valence-electron chi connectivity index (χ0n) is 10.8. The van der Waals surface area contributed by atoms with Gasteiger partial charge in [0.15, 0.2) is 0 Å². The Bertz CT molecular complexity index is 549. The molecular formula is C16H18BrN. The van der Waals surface area contributed by atoms with Crippen LogP contribution in [0.1, 0.15) is 28.3 Å². The van der Waals surface area contributed by atoms with Crippen LogP contribution in [-0.4, -0.2) is 0 Å². The summed E-state index contributed by atoms with van der Waals surface area (Å²) in [7, 11) is 0. The zero-order chi connectivity index (χ0) is 13.1. The van der Waals surface area contributed by atoms with Gasteiger partial charge in [-0.25, -0.2) is 0 Å². The number of rotatable bonds is 3. The predicted octanol–water partition coefficient (Wildman–Crippen LogP) is 4.31. The number of halogens is 1. The summed E-state index contributed by atoms with van der Waals surface area (Å²) < 4.78 is 1.09. The number of hydrogen-bond acceptors (Lipinski definition) is 1. The number of aryl methyl sites for hydroxylation is 2. The molecule has 0 radical (unpaired) electrons. The molecule has 0 amide bonds. The summed E-state index contributed by atoms with van der Waals surface area (Å²) in [5, 5.41) is 0. The van der Waals surface area contributed by atoms with Gasteiger partial charge in [-0.2, -0.15) is 0 Å². The monoisotopic (exact) mass is 303 g/mol. The van der Waals surface area contributed by atoms with Gasteiger partial charge in [0.25, 0.3) is 0 Å². The zero-order valence-corrected chi connectivity index (χ0v) is 12.4. The smallest absolute Gasteiger partial charge is 0.0347 e. The molecule has 0 aliphatic heterocycles. The van der Waals surface area contributed by atoms with E-state index in [1.165, 1.54) is 22.3 Å². The Morgan fingerprint density at radius 2 is 1.78 bits per heavy atom. The molecule has 2 N–H and O–H groups in total. The SMILES string of the molecule is Cc1cccc(CC(N)c2cc(C)ccc2Br)c1. The van der Waals surface area contributed by atoms with E-state index >= 15 is 0 Å². The number of benzene rings is 2. The Morgan fingerprint density at radius 1 is 1.06 bits per heavy atom. The van der Waals surface area contributed by atoms with Crippen LogP contribution in [-0.2, 0) is 6.42 Å². The topological polar surface area (TPSA) is 26.0 Å². The first-order valence-electron chi connectivity index (χ1n) is 6.13. The van der Waals surface area contributed by atoms with E-state index in [1.807, 2.05) is 0 Å². The van der Waals surface area contributed by atoms with Crippen molar-refractivity contribution in [3.05, 3.63) is 69.2 Å². The van der Waals surface area contributed by atoms with Crippen molar-refractivity contribution in [3.63, 3.8) is 0 Å². The second kappa shape index (κ2) is 5.68. The summed E-state index contributed by atoms with van der Waals surface area (Å²) >= 11 is 3.58. The van der Waals surface area contributed by atoms with Crippen LogP contribution >= 0.6 is 15.9 Å². The third kappa shape index (κ3) is 3.21. The highest BCUT2D eigenvalue weighted by Crippen LogP contribution is 2.25. The molecule has 0 aliphatic carbocycles. The van der Waals surface area contributed by atoms with Gasteiger partial charge in [-0.1, -0.05) is 63.5 Å². The van der Waals surface area contributed by atoms with Crippen molar-refractivity contribution < 1.29 is 0 Å². The minimum Gasteiger partial charge on any atom is -0.324 e. The van der Waals surface area contributed by atoms with Gasteiger partial charge in [0.05, 0.1) is 0 Å². The summed E-state index contributed by atoms with van der Waals surface area (Å²) in [5.41, 5.74) is 11.3. The largest absolute Gasteiger partial charge is 0.324 e. The van der Waals surface area contributed by atoms with Crippen LogP contribution in [0.3, 0.4) is 0 Å². The van der Waals surface area contributed by atoms with E-state index in [0.29, 0.717) is 0 Å². The van der Waals surface area contributed by atoms with Gasteiger partial charge in [0.2, 0.25) is 0 Å². The maximum Gasteiger partial charge on any atom is 0.0347 e. The molecule has 0 aromatic heterocycles. The van der Waals surface area contributed by atoms with Gasteiger partial charge < -0.3 is 5.73 Å². The Hall–Kier alpha value is -1.12. The molecule has 18 heavy (non-hydrogen) atoms. The lowest BCUT2D eigenvalue weighted by Gasteiger charge is -2.15. The van der Waals surface area contributed by atoms with Crippen LogP contribution < -0.4 is 5.73 Å². The molecule has 2 heteroatoms. The highest BCUT2D eigenvalue weighted by atomic mass is 79.9. The molecule has 0 aliphatic rings. The highest BCUT2D eigenvalue weighted by Gasteiger charge is 2.11. The molecule has 94 valence electrons. The van der Waals surface area contributed by atoms with Crippen LogP contribution in [0.5, 0.6) is 0 Å². The Labute approximate surface area is 117 Å². The van der Waals surface area contributed by atoms with Crippen molar-refractivity contribution in [1.82, 2.24) is 0 Å². The van der Waals surface area contributed by atoms with Gasteiger partial charge in [-0.3, -0.25) is 0 Å². The number of hydrogen-bond donors (Lipinski definition) is 1. The molecule has 0 saturated carbocycles. The minimum atomic E-state index is 0.0288. The average Bonchev–Trinajstić information content (AvgIpc) is 2.32. The summed E-state index contributed by atoms with van der Waals surface area (Å²) in [6.45, 7) is 4.20. The molecule has 1 nitrogen and oxygen atoms in total. The van der Waals surface area contributed by atoms with Crippen molar-refractivity contribution in [2.45, 2.75) is 26.3 Å². The first kappa shape index (κ1) is 13.3. The van der Waals surface area contributed by atoms with Gasteiger partial charge >= 0.3 is 0 Å². The van der Waals surface area contributed by atoms with E-state index in [9.17, 15) is 0 Å².